The normalized spacial score (nSPS) is 26.3. The number of carbonyl (C=O) groups is 3. The van der Waals surface area contributed by atoms with Crippen LogP contribution in [0.1, 0.15) is 25.5 Å². The minimum absolute atomic E-state index is 0.178. The van der Waals surface area contributed by atoms with Crippen molar-refractivity contribution in [1.29, 1.82) is 0 Å². The summed E-state index contributed by atoms with van der Waals surface area (Å²) in [6.45, 7) is 3.55. The van der Waals surface area contributed by atoms with Crippen molar-refractivity contribution in [3.05, 3.63) is 54.1 Å². The molecule has 8 heteroatoms. The Morgan fingerprint density at radius 3 is 2.42 bits per heavy atom. The van der Waals surface area contributed by atoms with Gasteiger partial charge in [0.2, 0.25) is 11.8 Å². The summed E-state index contributed by atoms with van der Waals surface area (Å²) in [7, 11) is 5.42. The standard InChI is InChI=1S/C25H29N3O5/c1-6-33-24(31)25(2)20-19(21(26-25)15-10-12-16(13-11-15)27(3)4)22(29)28(23(20)30)17-8-7-9-18(14-17)32-5/h7-14,19-21,26H,6H2,1-5H3/t19-,20+,21-,25+/m0/s1. The summed E-state index contributed by atoms with van der Waals surface area (Å²) in [6.07, 6.45) is 0. The lowest BCUT2D eigenvalue weighted by atomic mass is 9.80. The first-order valence-corrected chi connectivity index (χ1v) is 11.0. The molecule has 2 aliphatic rings. The minimum atomic E-state index is -1.34. The zero-order chi connectivity index (χ0) is 23.9. The van der Waals surface area contributed by atoms with Crippen LogP contribution in [-0.2, 0) is 19.1 Å². The average Bonchev–Trinajstić information content (AvgIpc) is 3.27. The SMILES string of the molecule is CCOC(=O)[C@]1(C)N[C@@H](c2ccc(N(C)C)cc2)[C@H]2C(=O)N(c3cccc(OC)c3)C(=O)[C@@H]21. The van der Waals surface area contributed by atoms with Crippen LogP contribution in [0.3, 0.4) is 0 Å². The van der Waals surface area contributed by atoms with E-state index in [0.717, 1.165) is 11.3 Å². The van der Waals surface area contributed by atoms with Crippen molar-refractivity contribution in [2.24, 2.45) is 11.8 Å². The molecule has 0 aromatic heterocycles. The summed E-state index contributed by atoms with van der Waals surface area (Å²) in [4.78, 5) is 43.5. The van der Waals surface area contributed by atoms with E-state index < -0.39 is 35.3 Å². The molecule has 2 aromatic rings. The number of esters is 1. The van der Waals surface area contributed by atoms with Gasteiger partial charge in [-0.2, -0.15) is 0 Å². The van der Waals surface area contributed by atoms with Gasteiger partial charge in [0.25, 0.3) is 0 Å². The van der Waals surface area contributed by atoms with Gasteiger partial charge in [-0.3, -0.25) is 19.7 Å². The quantitative estimate of drug-likeness (QED) is 0.533. The van der Waals surface area contributed by atoms with Crippen molar-refractivity contribution in [3.63, 3.8) is 0 Å². The molecule has 0 bridgehead atoms. The highest BCUT2D eigenvalue weighted by Gasteiger charge is 2.67. The maximum atomic E-state index is 13.7. The summed E-state index contributed by atoms with van der Waals surface area (Å²) in [5.74, 6) is -2.42. The molecule has 33 heavy (non-hydrogen) atoms. The van der Waals surface area contributed by atoms with E-state index in [0.29, 0.717) is 11.4 Å². The van der Waals surface area contributed by atoms with E-state index >= 15 is 0 Å². The minimum Gasteiger partial charge on any atom is -0.497 e. The Labute approximate surface area is 193 Å². The van der Waals surface area contributed by atoms with Crippen LogP contribution in [-0.4, -0.2) is 51.1 Å². The molecule has 174 valence electrons. The van der Waals surface area contributed by atoms with Crippen molar-refractivity contribution in [2.45, 2.75) is 25.4 Å². The van der Waals surface area contributed by atoms with Gasteiger partial charge in [0.15, 0.2) is 0 Å². The molecule has 4 rings (SSSR count). The third kappa shape index (κ3) is 3.64. The van der Waals surface area contributed by atoms with Crippen LogP contribution in [0.5, 0.6) is 5.75 Å². The summed E-state index contributed by atoms with van der Waals surface area (Å²) in [6, 6.07) is 14.0. The third-order valence-corrected chi connectivity index (χ3v) is 6.57. The molecule has 2 fully saturated rings. The summed E-state index contributed by atoms with van der Waals surface area (Å²) < 4.78 is 10.6. The number of ether oxygens (including phenoxy) is 2. The van der Waals surface area contributed by atoms with Gasteiger partial charge in [-0.05, 0) is 43.7 Å². The van der Waals surface area contributed by atoms with E-state index in [1.165, 1.54) is 12.0 Å². The van der Waals surface area contributed by atoms with E-state index in [4.69, 9.17) is 9.47 Å². The molecule has 0 radical (unpaired) electrons. The Balaban J connectivity index is 1.79. The van der Waals surface area contributed by atoms with Crippen LogP contribution in [0, 0.1) is 11.8 Å². The number of nitrogens with zero attached hydrogens (tertiary/aromatic N) is 2. The molecule has 4 atom stereocenters. The predicted octanol–water partition coefficient (Wildman–Crippen LogP) is 2.53. The number of hydrogen-bond acceptors (Lipinski definition) is 7. The zero-order valence-electron chi connectivity index (χ0n) is 19.5. The van der Waals surface area contributed by atoms with Gasteiger partial charge < -0.3 is 14.4 Å². The highest BCUT2D eigenvalue weighted by atomic mass is 16.5. The molecule has 1 N–H and O–H groups in total. The molecule has 2 heterocycles. The third-order valence-electron chi connectivity index (χ3n) is 6.57. The Morgan fingerprint density at radius 1 is 1.12 bits per heavy atom. The lowest BCUT2D eigenvalue weighted by Crippen LogP contribution is -2.54. The van der Waals surface area contributed by atoms with Crippen molar-refractivity contribution in [1.82, 2.24) is 5.32 Å². The van der Waals surface area contributed by atoms with Crippen molar-refractivity contribution >= 4 is 29.2 Å². The molecule has 0 unspecified atom stereocenters. The maximum Gasteiger partial charge on any atom is 0.326 e. The van der Waals surface area contributed by atoms with Crippen molar-refractivity contribution in [3.8, 4) is 5.75 Å². The molecule has 2 aliphatic heterocycles. The molecule has 2 amide bonds. The van der Waals surface area contributed by atoms with Crippen LogP contribution in [0.15, 0.2) is 48.5 Å². The molecule has 0 saturated carbocycles. The average molecular weight is 452 g/mol. The second-order valence-electron chi connectivity index (χ2n) is 8.75. The van der Waals surface area contributed by atoms with E-state index in [-0.39, 0.29) is 12.5 Å². The highest BCUT2D eigenvalue weighted by molar-refractivity contribution is 6.24. The number of amides is 2. The van der Waals surface area contributed by atoms with Crippen molar-refractivity contribution < 1.29 is 23.9 Å². The predicted molar refractivity (Wildman–Crippen MR) is 124 cm³/mol. The summed E-state index contributed by atoms with van der Waals surface area (Å²) >= 11 is 0. The number of imide groups is 1. The number of carbonyl (C=O) groups excluding carboxylic acids is 3. The lowest BCUT2D eigenvalue weighted by molar-refractivity contribution is -0.153. The van der Waals surface area contributed by atoms with Gasteiger partial charge in [-0.25, -0.2) is 4.90 Å². The maximum absolute atomic E-state index is 13.7. The van der Waals surface area contributed by atoms with Crippen LogP contribution in [0.25, 0.3) is 0 Å². The molecule has 8 nitrogen and oxygen atoms in total. The Morgan fingerprint density at radius 2 is 1.82 bits per heavy atom. The van der Waals surface area contributed by atoms with Gasteiger partial charge in [-0.1, -0.05) is 18.2 Å². The van der Waals surface area contributed by atoms with Gasteiger partial charge in [0.1, 0.15) is 11.3 Å². The second kappa shape index (κ2) is 8.51. The molecule has 2 aromatic carbocycles. The smallest absolute Gasteiger partial charge is 0.326 e. The molecule has 0 aliphatic carbocycles. The van der Waals surface area contributed by atoms with Gasteiger partial charge in [0, 0.05) is 31.9 Å². The zero-order valence-corrected chi connectivity index (χ0v) is 19.5. The summed E-state index contributed by atoms with van der Waals surface area (Å²) in [5.41, 5.74) is 0.920. The largest absolute Gasteiger partial charge is 0.497 e. The first-order valence-electron chi connectivity index (χ1n) is 11.0. The lowest BCUT2D eigenvalue weighted by Gasteiger charge is -2.29. The number of benzene rings is 2. The van der Waals surface area contributed by atoms with Crippen LogP contribution >= 0.6 is 0 Å². The molecular formula is C25H29N3O5. The van der Waals surface area contributed by atoms with Crippen LogP contribution in [0.2, 0.25) is 0 Å². The van der Waals surface area contributed by atoms with Crippen LogP contribution in [0.4, 0.5) is 11.4 Å². The fraction of sp³-hybridized carbons (Fsp3) is 0.400. The number of hydrogen-bond donors (Lipinski definition) is 1. The van der Waals surface area contributed by atoms with E-state index in [1.807, 2.05) is 43.3 Å². The highest BCUT2D eigenvalue weighted by Crippen LogP contribution is 2.50. The molecule has 0 spiro atoms. The Hall–Kier alpha value is -3.39. The topological polar surface area (TPSA) is 88.2 Å². The van der Waals surface area contributed by atoms with Crippen LogP contribution < -0.4 is 19.9 Å². The van der Waals surface area contributed by atoms with Gasteiger partial charge >= 0.3 is 5.97 Å². The number of anilines is 2. The molecule has 2 saturated heterocycles. The number of nitrogens with one attached hydrogen (secondary N) is 1. The first kappa shape index (κ1) is 22.8. The van der Waals surface area contributed by atoms with E-state index in [2.05, 4.69) is 5.32 Å². The van der Waals surface area contributed by atoms with E-state index in [9.17, 15) is 14.4 Å². The van der Waals surface area contributed by atoms with E-state index in [1.54, 1.807) is 38.1 Å². The fourth-order valence-electron chi connectivity index (χ4n) is 4.88. The monoisotopic (exact) mass is 451 g/mol. The number of fused-ring (bicyclic) bond motifs is 1. The Kier molecular flexibility index (Phi) is 5.88. The Bertz CT molecular complexity index is 1080. The number of rotatable bonds is 6. The van der Waals surface area contributed by atoms with Gasteiger partial charge in [0.05, 0.1) is 31.2 Å². The first-order chi connectivity index (χ1) is 15.7. The number of methoxy groups -OCH3 is 1. The second-order valence-corrected chi connectivity index (χ2v) is 8.75. The fourth-order valence-corrected chi connectivity index (χ4v) is 4.88. The molecular weight excluding hydrogens is 422 g/mol. The summed E-state index contributed by atoms with van der Waals surface area (Å²) in [5, 5.41) is 3.29. The van der Waals surface area contributed by atoms with Crippen molar-refractivity contribution in [2.75, 3.05) is 37.6 Å². The van der Waals surface area contributed by atoms with Gasteiger partial charge in [-0.15, -0.1) is 0 Å².